The number of hydrogen-bond acceptors (Lipinski definition) is 4. The number of anilines is 2. The van der Waals surface area contributed by atoms with Crippen molar-refractivity contribution in [2.45, 2.75) is 25.9 Å². The standard InChI is InChI=1S/C15H15ClF4N2O5/c1-2-27-14(26)22-10-6-11(9(17)5-8(10)16)21-12(23)3-7(4-13(24)25)15(18,19)20/h5-7H,2-4H2,1H3,(H,21,23)(H,22,26)(H,24,25). The third kappa shape index (κ3) is 7.29. The zero-order valence-corrected chi connectivity index (χ0v) is 14.6. The number of carboxylic acids is 1. The number of nitrogens with one attached hydrogen (secondary N) is 2. The van der Waals surface area contributed by atoms with Gasteiger partial charge >= 0.3 is 18.2 Å². The van der Waals surface area contributed by atoms with Crippen LogP contribution in [0, 0.1) is 11.7 Å². The summed E-state index contributed by atoms with van der Waals surface area (Å²) in [5, 5.41) is 12.4. The molecule has 2 amide bonds. The van der Waals surface area contributed by atoms with Crippen molar-refractivity contribution in [3.8, 4) is 0 Å². The first-order chi connectivity index (χ1) is 12.4. The van der Waals surface area contributed by atoms with Gasteiger partial charge in [-0.3, -0.25) is 14.9 Å². The number of carbonyl (C=O) groups excluding carboxylic acids is 2. The molecule has 0 saturated heterocycles. The number of alkyl halides is 3. The van der Waals surface area contributed by atoms with E-state index in [9.17, 15) is 31.9 Å². The largest absolute Gasteiger partial charge is 0.481 e. The maximum atomic E-state index is 13.9. The minimum absolute atomic E-state index is 0.0383. The highest BCUT2D eigenvalue weighted by Gasteiger charge is 2.42. The Balaban J connectivity index is 2.94. The van der Waals surface area contributed by atoms with Crippen LogP contribution in [0.4, 0.5) is 33.7 Å². The number of carbonyl (C=O) groups is 3. The minimum Gasteiger partial charge on any atom is -0.481 e. The van der Waals surface area contributed by atoms with Gasteiger partial charge in [-0.2, -0.15) is 13.2 Å². The van der Waals surface area contributed by atoms with E-state index in [0.717, 1.165) is 12.1 Å². The van der Waals surface area contributed by atoms with Gasteiger partial charge in [0.15, 0.2) is 0 Å². The Bertz CT molecular complexity index is 727. The molecular formula is C15H15ClF4N2O5. The number of hydrogen-bond donors (Lipinski definition) is 3. The molecule has 1 atom stereocenters. The molecule has 0 spiro atoms. The molecule has 0 radical (unpaired) electrons. The van der Waals surface area contributed by atoms with E-state index in [1.165, 1.54) is 6.92 Å². The van der Waals surface area contributed by atoms with Crippen LogP contribution in [0.15, 0.2) is 12.1 Å². The summed E-state index contributed by atoms with van der Waals surface area (Å²) in [5.41, 5.74) is -0.697. The summed E-state index contributed by atoms with van der Waals surface area (Å²) < 4.78 is 56.9. The molecule has 3 N–H and O–H groups in total. The fourth-order valence-corrected chi connectivity index (χ4v) is 2.15. The summed E-state index contributed by atoms with van der Waals surface area (Å²) in [5.74, 6) is -6.50. The van der Waals surface area contributed by atoms with Crippen LogP contribution in [0.25, 0.3) is 0 Å². The van der Waals surface area contributed by atoms with Crippen LogP contribution in [-0.4, -0.2) is 35.9 Å². The van der Waals surface area contributed by atoms with Crippen molar-refractivity contribution in [3.05, 3.63) is 23.0 Å². The molecule has 0 bridgehead atoms. The predicted molar refractivity (Wildman–Crippen MR) is 87.1 cm³/mol. The molecule has 1 rings (SSSR count). The van der Waals surface area contributed by atoms with Crippen molar-refractivity contribution in [1.82, 2.24) is 0 Å². The Kier molecular flexibility index (Phi) is 7.82. The first-order valence-electron chi connectivity index (χ1n) is 7.45. The van der Waals surface area contributed by atoms with Gasteiger partial charge in [-0.05, 0) is 19.1 Å². The molecule has 1 aromatic carbocycles. The predicted octanol–water partition coefficient (Wildman–Crippen LogP) is 4.03. The number of halogens is 5. The summed E-state index contributed by atoms with van der Waals surface area (Å²) in [6.07, 6.45) is -8.37. The normalized spacial score (nSPS) is 12.2. The van der Waals surface area contributed by atoms with Crippen LogP contribution < -0.4 is 10.6 Å². The van der Waals surface area contributed by atoms with Crippen molar-refractivity contribution >= 4 is 40.9 Å². The summed E-state index contributed by atoms with van der Waals surface area (Å²) in [4.78, 5) is 33.7. The molecule has 1 unspecified atom stereocenters. The van der Waals surface area contributed by atoms with Gasteiger partial charge in [-0.25, -0.2) is 9.18 Å². The number of amides is 2. The van der Waals surface area contributed by atoms with Crippen LogP contribution in [0.3, 0.4) is 0 Å². The first kappa shape index (κ1) is 22.5. The molecule has 7 nitrogen and oxygen atoms in total. The Morgan fingerprint density at radius 1 is 1.19 bits per heavy atom. The third-order valence-corrected chi connectivity index (χ3v) is 3.47. The van der Waals surface area contributed by atoms with Gasteiger partial charge in [-0.1, -0.05) is 11.6 Å². The van der Waals surface area contributed by atoms with Crippen LogP contribution in [-0.2, 0) is 14.3 Å². The molecule has 0 heterocycles. The molecule has 0 aliphatic rings. The minimum atomic E-state index is -4.93. The number of rotatable bonds is 7. The quantitative estimate of drug-likeness (QED) is 0.584. The van der Waals surface area contributed by atoms with Crippen molar-refractivity contribution in [1.29, 1.82) is 0 Å². The van der Waals surface area contributed by atoms with Gasteiger partial charge in [0.25, 0.3) is 0 Å². The lowest BCUT2D eigenvalue weighted by atomic mass is 10.0. The highest BCUT2D eigenvalue weighted by molar-refractivity contribution is 6.33. The van der Waals surface area contributed by atoms with Crippen molar-refractivity contribution < 1.29 is 41.8 Å². The van der Waals surface area contributed by atoms with E-state index in [1.54, 1.807) is 0 Å². The van der Waals surface area contributed by atoms with Crippen LogP contribution in [0.2, 0.25) is 5.02 Å². The monoisotopic (exact) mass is 414 g/mol. The maximum absolute atomic E-state index is 13.9. The summed E-state index contributed by atoms with van der Waals surface area (Å²) >= 11 is 5.75. The average molecular weight is 415 g/mol. The molecule has 150 valence electrons. The van der Waals surface area contributed by atoms with Crippen LogP contribution in [0.1, 0.15) is 19.8 Å². The van der Waals surface area contributed by atoms with Gasteiger partial charge in [0, 0.05) is 6.42 Å². The molecule has 27 heavy (non-hydrogen) atoms. The van der Waals surface area contributed by atoms with E-state index in [0.29, 0.717) is 0 Å². The number of benzene rings is 1. The second kappa shape index (κ2) is 9.40. The fraction of sp³-hybridized carbons (Fsp3) is 0.400. The topological polar surface area (TPSA) is 105 Å². The Hall–Kier alpha value is -2.56. The molecule has 1 aromatic rings. The van der Waals surface area contributed by atoms with Crippen molar-refractivity contribution in [3.63, 3.8) is 0 Å². The van der Waals surface area contributed by atoms with Crippen molar-refractivity contribution in [2.24, 2.45) is 5.92 Å². The van der Waals surface area contributed by atoms with Gasteiger partial charge in [0.2, 0.25) is 5.91 Å². The molecule has 0 aromatic heterocycles. The third-order valence-electron chi connectivity index (χ3n) is 3.16. The lowest BCUT2D eigenvalue weighted by Gasteiger charge is -2.18. The molecule has 0 saturated carbocycles. The maximum Gasteiger partial charge on any atom is 0.411 e. The summed E-state index contributed by atoms with van der Waals surface area (Å²) in [6, 6.07) is 1.63. The average Bonchev–Trinajstić information content (AvgIpc) is 2.50. The second-order valence-corrected chi connectivity index (χ2v) is 5.65. The Morgan fingerprint density at radius 3 is 2.33 bits per heavy atom. The zero-order valence-electron chi connectivity index (χ0n) is 13.8. The molecular weight excluding hydrogens is 400 g/mol. The molecule has 12 heteroatoms. The van der Waals surface area contributed by atoms with Gasteiger partial charge in [0.05, 0.1) is 35.3 Å². The van der Waals surface area contributed by atoms with E-state index < -0.39 is 54.4 Å². The first-order valence-corrected chi connectivity index (χ1v) is 7.83. The van der Waals surface area contributed by atoms with Crippen molar-refractivity contribution in [2.75, 3.05) is 17.2 Å². The zero-order chi connectivity index (χ0) is 20.8. The van der Waals surface area contributed by atoms with E-state index >= 15 is 0 Å². The van der Waals surface area contributed by atoms with E-state index in [2.05, 4.69) is 10.1 Å². The highest BCUT2D eigenvalue weighted by atomic mass is 35.5. The van der Waals surface area contributed by atoms with E-state index in [1.807, 2.05) is 5.32 Å². The summed E-state index contributed by atoms with van der Waals surface area (Å²) in [6.45, 7) is 1.57. The lowest BCUT2D eigenvalue weighted by Crippen LogP contribution is -2.30. The Labute approximate surface area is 155 Å². The SMILES string of the molecule is CCOC(=O)Nc1cc(NC(=O)CC(CC(=O)O)C(F)(F)F)c(F)cc1Cl. The van der Waals surface area contributed by atoms with Gasteiger partial charge in [0.1, 0.15) is 5.82 Å². The molecule has 0 aliphatic heterocycles. The van der Waals surface area contributed by atoms with Gasteiger partial charge in [-0.15, -0.1) is 0 Å². The number of aliphatic carboxylic acids is 1. The van der Waals surface area contributed by atoms with E-state index in [4.69, 9.17) is 16.7 Å². The van der Waals surface area contributed by atoms with Crippen LogP contribution >= 0.6 is 11.6 Å². The second-order valence-electron chi connectivity index (χ2n) is 5.25. The lowest BCUT2D eigenvalue weighted by molar-refractivity contribution is -0.185. The fourth-order valence-electron chi connectivity index (χ4n) is 1.96. The Morgan fingerprint density at radius 2 is 1.81 bits per heavy atom. The van der Waals surface area contributed by atoms with Gasteiger partial charge < -0.3 is 15.2 Å². The molecule has 0 aliphatic carbocycles. The number of ether oxygens (including phenoxy) is 1. The highest BCUT2D eigenvalue weighted by Crippen LogP contribution is 2.33. The van der Waals surface area contributed by atoms with E-state index in [-0.39, 0.29) is 17.3 Å². The number of carboxylic acid groups (broad SMARTS) is 1. The summed E-state index contributed by atoms with van der Waals surface area (Å²) in [7, 11) is 0. The molecule has 0 fully saturated rings. The smallest absolute Gasteiger partial charge is 0.411 e. The van der Waals surface area contributed by atoms with Crippen LogP contribution in [0.5, 0.6) is 0 Å².